The zero-order valence-electron chi connectivity index (χ0n) is 12.4. The van der Waals surface area contributed by atoms with Crippen molar-refractivity contribution in [3.8, 4) is 0 Å². The molecule has 2 atom stereocenters. The van der Waals surface area contributed by atoms with Crippen LogP contribution in [0.25, 0.3) is 10.2 Å². The maximum Gasteiger partial charge on any atom is 0.308 e. The van der Waals surface area contributed by atoms with Crippen LogP contribution in [0.2, 0.25) is 0 Å². The number of likely N-dealkylation sites (tertiary alicyclic amines) is 1. The van der Waals surface area contributed by atoms with Crippen LogP contribution in [0, 0.1) is 0 Å². The largest absolute Gasteiger partial charge is 0.336 e. The van der Waals surface area contributed by atoms with E-state index >= 15 is 0 Å². The topological polar surface area (TPSA) is 42.3 Å². The fourth-order valence-electron chi connectivity index (χ4n) is 3.29. The summed E-state index contributed by atoms with van der Waals surface area (Å²) in [6.07, 6.45) is 3.28. The SMILES string of the molecule is C[C@H]1CCC[C@H](C)N1C(=O)Cn1c(=O)sc2ccccc21. The number of aromatic nitrogens is 1. The molecule has 1 aromatic carbocycles. The number of nitrogens with zero attached hydrogens (tertiary/aromatic N) is 2. The van der Waals surface area contributed by atoms with Crippen molar-refractivity contribution in [3.05, 3.63) is 33.9 Å². The highest BCUT2D eigenvalue weighted by Gasteiger charge is 2.29. The molecule has 5 heteroatoms. The van der Waals surface area contributed by atoms with Gasteiger partial charge in [-0.15, -0.1) is 0 Å². The number of benzene rings is 1. The average molecular weight is 304 g/mol. The van der Waals surface area contributed by atoms with Gasteiger partial charge in [0.05, 0.1) is 10.2 Å². The van der Waals surface area contributed by atoms with Gasteiger partial charge in [-0.2, -0.15) is 0 Å². The van der Waals surface area contributed by atoms with E-state index in [1.165, 1.54) is 17.8 Å². The molecule has 0 unspecified atom stereocenters. The Bertz CT molecular complexity index is 708. The molecule has 3 rings (SSSR count). The zero-order chi connectivity index (χ0) is 15.0. The fourth-order valence-corrected chi connectivity index (χ4v) is 4.18. The van der Waals surface area contributed by atoms with E-state index in [1.807, 2.05) is 29.2 Å². The van der Waals surface area contributed by atoms with Gasteiger partial charge in [0.1, 0.15) is 6.54 Å². The number of hydrogen-bond acceptors (Lipinski definition) is 3. The predicted octanol–water partition coefficient (Wildman–Crippen LogP) is 2.85. The standard InChI is InChI=1S/C16H20N2O2S/c1-11-6-5-7-12(2)18(11)15(19)10-17-13-8-3-4-9-14(13)21-16(17)20/h3-4,8-9,11-12H,5-7,10H2,1-2H3/t11-,12-/m0/s1. The van der Waals surface area contributed by atoms with Gasteiger partial charge in [-0.3, -0.25) is 14.2 Å². The third-order valence-electron chi connectivity index (χ3n) is 4.35. The molecule has 1 amide bonds. The smallest absolute Gasteiger partial charge is 0.308 e. The number of carbonyl (C=O) groups is 1. The first-order valence-corrected chi connectivity index (χ1v) is 8.29. The number of para-hydroxylation sites is 1. The van der Waals surface area contributed by atoms with Crippen molar-refractivity contribution in [1.82, 2.24) is 9.47 Å². The molecule has 0 spiro atoms. The summed E-state index contributed by atoms with van der Waals surface area (Å²) >= 11 is 1.21. The summed E-state index contributed by atoms with van der Waals surface area (Å²) in [4.78, 5) is 26.7. The molecule has 0 saturated carbocycles. The van der Waals surface area contributed by atoms with Crippen LogP contribution in [0.1, 0.15) is 33.1 Å². The molecule has 1 aliphatic heterocycles. The lowest BCUT2D eigenvalue weighted by atomic mass is 9.97. The number of carbonyl (C=O) groups excluding carboxylic acids is 1. The third-order valence-corrected chi connectivity index (χ3v) is 5.31. The molecule has 1 saturated heterocycles. The van der Waals surface area contributed by atoms with Gasteiger partial charge in [-0.1, -0.05) is 23.5 Å². The van der Waals surface area contributed by atoms with E-state index in [0.29, 0.717) is 0 Å². The minimum Gasteiger partial charge on any atom is -0.336 e. The van der Waals surface area contributed by atoms with Gasteiger partial charge in [0, 0.05) is 12.1 Å². The maximum atomic E-state index is 12.7. The molecule has 1 fully saturated rings. The van der Waals surface area contributed by atoms with Crippen molar-refractivity contribution < 1.29 is 4.79 Å². The minimum atomic E-state index is -0.0538. The molecule has 21 heavy (non-hydrogen) atoms. The van der Waals surface area contributed by atoms with Gasteiger partial charge in [-0.25, -0.2) is 0 Å². The first-order valence-electron chi connectivity index (χ1n) is 7.47. The van der Waals surface area contributed by atoms with Gasteiger partial charge >= 0.3 is 4.87 Å². The Morgan fingerprint density at radius 1 is 1.24 bits per heavy atom. The van der Waals surface area contributed by atoms with Crippen LogP contribution in [0.4, 0.5) is 0 Å². The van der Waals surface area contributed by atoms with Gasteiger partial charge in [0.15, 0.2) is 0 Å². The number of amides is 1. The van der Waals surface area contributed by atoms with Gasteiger partial charge in [0.2, 0.25) is 5.91 Å². The third kappa shape index (κ3) is 2.62. The Labute approximate surface area is 128 Å². The first-order chi connectivity index (χ1) is 10.1. The van der Waals surface area contributed by atoms with E-state index in [9.17, 15) is 9.59 Å². The van der Waals surface area contributed by atoms with Crippen molar-refractivity contribution in [3.63, 3.8) is 0 Å². The zero-order valence-corrected chi connectivity index (χ0v) is 13.2. The number of fused-ring (bicyclic) bond motifs is 1. The molecule has 1 aromatic heterocycles. The van der Waals surface area contributed by atoms with Crippen LogP contribution in [-0.2, 0) is 11.3 Å². The Morgan fingerprint density at radius 2 is 1.90 bits per heavy atom. The van der Waals surface area contributed by atoms with Gasteiger partial charge < -0.3 is 4.90 Å². The Kier molecular flexibility index (Phi) is 3.85. The molecule has 4 nitrogen and oxygen atoms in total. The number of rotatable bonds is 2. The molecule has 1 aliphatic rings. The van der Waals surface area contributed by atoms with E-state index in [-0.39, 0.29) is 29.4 Å². The van der Waals surface area contributed by atoms with E-state index < -0.39 is 0 Å². The first kappa shape index (κ1) is 14.3. The van der Waals surface area contributed by atoms with Crippen molar-refractivity contribution in [2.75, 3.05) is 0 Å². The molecule has 0 aliphatic carbocycles. The summed E-state index contributed by atoms with van der Waals surface area (Å²) in [6.45, 7) is 4.35. The average Bonchev–Trinajstić information content (AvgIpc) is 2.75. The summed E-state index contributed by atoms with van der Waals surface area (Å²) < 4.78 is 2.55. The molecule has 2 aromatic rings. The lowest BCUT2D eigenvalue weighted by Gasteiger charge is -2.39. The van der Waals surface area contributed by atoms with Crippen molar-refractivity contribution in [2.24, 2.45) is 0 Å². The molecule has 112 valence electrons. The Hall–Kier alpha value is -1.62. The van der Waals surface area contributed by atoms with Crippen LogP contribution >= 0.6 is 11.3 Å². The summed E-state index contributed by atoms with van der Waals surface area (Å²) in [7, 11) is 0. The molecule has 0 radical (unpaired) electrons. The van der Waals surface area contributed by atoms with Crippen LogP contribution in [0.3, 0.4) is 0 Å². The van der Waals surface area contributed by atoms with E-state index in [2.05, 4.69) is 13.8 Å². The van der Waals surface area contributed by atoms with Crippen LogP contribution < -0.4 is 4.87 Å². The lowest BCUT2D eigenvalue weighted by molar-refractivity contribution is -0.137. The van der Waals surface area contributed by atoms with E-state index in [1.54, 1.807) is 4.57 Å². The monoisotopic (exact) mass is 304 g/mol. The second-order valence-electron chi connectivity index (χ2n) is 5.85. The van der Waals surface area contributed by atoms with Crippen molar-refractivity contribution >= 4 is 27.5 Å². The Morgan fingerprint density at radius 3 is 2.62 bits per heavy atom. The minimum absolute atomic E-state index is 0.0538. The van der Waals surface area contributed by atoms with Crippen LogP contribution in [0.5, 0.6) is 0 Å². The van der Waals surface area contributed by atoms with Crippen LogP contribution in [-0.4, -0.2) is 27.5 Å². The van der Waals surface area contributed by atoms with Crippen molar-refractivity contribution in [2.45, 2.75) is 51.7 Å². The normalized spacial score (nSPS) is 22.7. The second kappa shape index (κ2) is 5.64. The molecular formula is C16H20N2O2S. The number of thiazole rings is 1. The van der Waals surface area contributed by atoms with Crippen molar-refractivity contribution in [1.29, 1.82) is 0 Å². The summed E-state index contributed by atoms with van der Waals surface area (Å²) in [5.74, 6) is 0.0559. The summed E-state index contributed by atoms with van der Waals surface area (Å²) in [6, 6.07) is 8.18. The lowest BCUT2D eigenvalue weighted by Crippen LogP contribution is -2.49. The Balaban J connectivity index is 1.89. The maximum absolute atomic E-state index is 12.7. The molecule has 0 bridgehead atoms. The highest BCUT2D eigenvalue weighted by Crippen LogP contribution is 2.23. The fraction of sp³-hybridized carbons (Fsp3) is 0.500. The number of hydrogen-bond donors (Lipinski definition) is 0. The molecule has 0 N–H and O–H groups in total. The van der Waals surface area contributed by atoms with Crippen LogP contribution in [0.15, 0.2) is 29.1 Å². The predicted molar refractivity (Wildman–Crippen MR) is 85.7 cm³/mol. The second-order valence-corrected chi connectivity index (χ2v) is 6.84. The summed E-state index contributed by atoms with van der Waals surface area (Å²) in [5.41, 5.74) is 0.859. The highest BCUT2D eigenvalue weighted by atomic mass is 32.1. The summed E-state index contributed by atoms with van der Waals surface area (Å²) in [5, 5.41) is 0. The number of piperidine rings is 1. The highest BCUT2D eigenvalue weighted by molar-refractivity contribution is 7.16. The molecule has 2 heterocycles. The van der Waals surface area contributed by atoms with Gasteiger partial charge in [0.25, 0.3) is 0 Å². The molecular weight excluding hydrogens is 284 g/mol. The van der Waals surface area contributed by atoms with Gasteiger partial charge in [-0.05, 0) is 45.2 Å². The quantitative estimate of drug-likeness (QED) is 0.856. The van der Waals surface area contributed by atoms with E-state index in [0.717, 1.165) is 23.1 Å². The van der Waals surface area contributed by atoms with E-state index in [4.69, 9.17) is 0 Å².